The predicted octanol–water partition coefficient (Wildman–Crippen LogP) is 7.57. The van der Waals surface area contributed by atoms with Crippen LogP contribution in [0.25, 0.3) is 0 Å². The molecule has 0 saturated carbocycles. The van der Waals surface area contributed by atoms with Gasteiger partial charge >= 0.3 is 5.97 Å². The van der Waals surface area contributed by atoms with Crippen molar-refractivity contribution in [3.8, 4) is 0 Å². The second kappa shape index (κ2) is 24.0. The van der Waals surface area contributed by atoms with Gasteiger partial charge in [-0.2, -0.15) is 0 Å². The number of aliphatic hydroxyl groups is 1. The highest BCUT2D eigenvalue weighted by molar-refractivity contribution is 14.0. The van der Waals surface area contributed by atoms with Gasteiger partial charge in [-0.3, -0.25) is 14.5 Å². The van der Waals surface area contributed by atoms with Crippen LogP contribution >= 0.6 is 24.0 Å². The molecule has 2 fully saturated rings. The number of nitrogens with zero attached hydrogens (tertiary/aromatic N) is 2. The molecule has 2 unspecified atom stereocenters. The number of hydrogen-bond donors (Lipinski definition) is 1. The monoisotopic (exact) mass is 712 g/mol. The van der Waals surface area contributed by atoms with Crippen LogP contribution in [0.4, 0.5) is 0 Å². The number of esters is 1. The number of ether oxygens (including phenoxy) is 2. The largest absolute Gasteiger partial charge is 0.465 e. The Balaban J connectivity index is 0. The van der Waals surface area contributed by atoms with E-state index in [9.17, 15) is 9.59 Å². The lowest BCUT2D eigenvalue weighted by molar-refractivity contribution is -0.171. The van der Waals surface area contributed by atoms with Gasteiger partial charge in [-0.15, -0.1) is 24.0 Å². The molecular weight excluding hydrogens is 643 g/mol. The van der Waals surface area contributed by atoms with Crippen LogP contribution in [0.2, 0.25) is 0 Å². The first kappa shape index (κ1) is 43.8. The maximum absolute atomic E-state index is 12.7. The number of Topliss-reactive ketones (excluding diaryl/α,β-unsaturated/α-hetero) is 1. The van der Waals surface area contributed by atoms with Crippen LogP contribution in [0.1, 0.15) is 127 Å². The first-order chi connectivity index (χ1) is 19.3. The molecule has 0 aromatic rings. The third-order valence-corrected chi connectivity index (χ3v) is 8.40. The summed E-state index contributed by atoms with van der Waals surface area (Å²) in [6.45, 7) is 26.0. The van der Waals surface area contributed by atoms with Crippen LogP contribution < -0.4 is 0 Å². The van der Waals surface area contributed by atoms with Gasteiger partial charge in [-0.25, -0.2) is 0 Å². The van der Waals surface area contributed by atoms with Crippen LogP contribution in [0.3, 0.4) is 0 Å². The smallest absolute Gasteiger partial charge is 0.316 e. The van der Waals surface area contributed by atoms with E-state index in [1.807, 2.05) is 27.7 Å². The third kappa shape index (κ3) is 19.2. The summed E-state index contributed by atoms with van der Waals surface area (Å²) < 4.78 is 10.6. The summed E-state index contributed by atoms with van der Waals surface area (Å²) in [5.41, 5.74) is 0.0908. The molecule has 0 radical (unpaired) electrons. The lowest BCUT2D eigenvalue weighted by Gasteiger charge is -2.32. The molecule has 0 amide bonds. The van der Waals surface area contributed by atoms with E-state index in [1.165, 1.54) is 0 Å². The van der Waals surface area contributed by atoms with Crippen LogP contribution in [0.15, 0.2) is 0 Å². The van der Waals surface area contributed by atoms with Gasteiger partial charge in [-0.1, -0.05) is 54.9 Å². The minimum Gasteiger partial charge on any atom is -0.465 e. The molecule has 0 aromatic heterocycles. The molecule has 2 aliphatic heterocycles. The van der Waals surface area contributed by atoms with Crippen molar-refractivity contribution in [2.45, 2.75) is 145 Å². The Labute approximate surface area is 277 Å². The van der Waals surface area contributed by atoms with Gasteiger partial charge in [-0.05, 0) is 90.1 Å². The van der Waals surface area contributed by atoms with Crippen LogP contribution in [-0.2, 0) is 19.1 Å². The second-order valence-corrected chi connectivity index (χ2v) is 13.3. The molecule has 2 rings (SSSR count). The summed E-state index contributed by atoms with van der Waals surface area (Å²) in [6.07, 6.45) is 7.57. The predicted molar refractivity (Wildman–Crippen MR) is 186 cm³/mol. The number of carbonyl (C=O) groups is 2. The quantitative estimate of drug-likeness (QED) is 0.184. The van der Waals surface area contributed by atoms with E-state index >= 15 is 0 Å². The van der Waals surface area contributed by atoms with Gasteiger partial charge in [0.2, 0.25) is 0 Å². The standard InChI is InChI=1S/C24H46N2O3.C8H16O2.C2H6.HI/c1-8-21-22(27)11-12-24(5,6)17-20(4)18-25(7)14-15-26(19(2)3)13-9-10-16-29-23(21)28;1-3-7-4-6(2)10-8(9)5-7;1-2;/h19-21H,8-18H2,1-7H3;6-9H,3-5H2,1-2H3;1-2H3;1H/t20-,21?;6-,7?,8-;;/m11../s1. The molecule has 8 heteroatoms. The first-order valence-electron chi connectivity index (χ1n) is 16.7. The first-order valence-corrected chi connectivity index (χ1v) is 16.7. The van der Waals surface area contributed by atoms with Gasteiger partial charge in [0, 0.05) is 38.5 Å². The van der Waals surface area contributed by atoms with Crippen LogP contribution in [0.5, 0.6) is 0 Å². The Morgan fingerprint density at radius 2 is 1.64 bits per heavy atom. The molecule has 5 atom stereocenters. The summed E-state index contributed by atoms with van der Waals surface area (Å²) in [4.78, 5) is 30.0. The van der Waals surface area contributed by atoms with E-state index in [1.54, 1.807) is 0 Å². The Morgan fingerprint density at radius 1 is 1.00 bits per heavy atom. The summed E-state index contributed by atoms with van der Waals surface area (Å²) in [5.74, 6) is 0.358. The zero-order chi connectivity index (χ0) is 31.6. The van der Waals surface area contributed by atoms with Crippen molar-refractivity contribution in [2.75, 3.05) is 39.8 Å². The van der Waals surface area contributed by atoms with Gasteiger partial charge in [0.1, 0.15) is 11.7 Å². The van der Waals surface area contributed by atoms with Crippen molar-refractivity contribution < 1.29 is 24.2 Å². The molecular formula is C34H69IN2O5. The summed E-state index contributed by atoms with van der Waals surface area (Å²) in [6, 6.07) is 0.509. The fourth-order valence-electron chi connectivity index (χ4n) is 6.08. The molecule has 2 saturated heterocycles. The van der Waals surface area contributed by atoms with E-state index in [-0.39, 0.29) is 47.2 Å². The highest BCUT2D eigenvalue weighted by atomic mass is 127. The molecule has 1 N–H and O–H groups in total. The van der Waals surface area contributed by atoms with Gasteiger partial charge < -0.3 is 19.5 Å². The average Bonchev–Trinajstić information content (AvgIpc) is 2.89. The molecule has 7 nitrogen and oxygen atoms in total. The molecule has 0 aliphatic carbocycles. The van der Waals surface area contributed by atoms with Crippen LogP contribution in [0, 0.1) is 23.2 Å². The van der Waals surface area contributed by atoms with E-state index in [4.69, 9.17) is 14.6 Å². The van der Waals surface area contributed by atoms with E-state index in [2.05, 4.69) is 58.4 Å². The molecule has 0 aromatic carbocycles. The minimum absolute atomic E-state index is 0. The van der Waals surface area contributed by atoms with Crippen LogP contribution in [-0.4, -0.2) is 84.9 Å². The molecule has 252 valence electrons. The van der Waals surface area contributed by atoms with Gasteiger partial charge in [0.25, 0.3) is 0 Å². The van der Waals surface area contributed by atoms with E-state index < -0.39 is 12.2 Å². The Kier molecular flexibility index (Phi) is 25.1. The summed E-state index contributed by atoms with van der Waals surface area (Å²) in [5, 5.41) is 9.16. The number of cyclic esters (lactones) is 1. The Morgan fingerprint density at radius 3 is 2.19 bits per heavy atom. The lowest BCUT2D eigenvalue weighted by Crippen LogP contribution is -2.39. The maximum Gasteiger partial charge on any atom is 0.316 e. The lowest BCUT2D eigenvalue weighted by atomic mass is 9.78. The van der Waals surface area contributed by atoms with Gasteiger partial charge in [0.15, 0.2) is 6.29 Å². The zero-order valence-electron chi connectivity index (χ0n) is 29.2. The van der Waals surface area contributed by atoms with Gasteiger partial charge in [0.05, 0.1) is 12.7 Å². The number of hydrogen-bond acceptors (Lipinski definition) is 7. The number of likely N-dealkylation sites (N-methyl/N-ethyl adjacent to an activating group) is 1. The zero-order valence-corrected chi connectivity index (χ0v) is 31.6. The van der Waals surface area contributed by atoms with Crippen molar-refractivity contribution in [1.29, 1.82) is 0 Å². The summed E-state index contributed by atoms with van der Waals surface area (Å²) >= 11 is 0. The molecule has 0 bridgehead atoms. The van der Waals surface area contributed by atoms with Crippen molar-refractivity contribution >= 4 is 35.7 Å². The average molecular weight is 713 g/mol. The maximum atomic E-state index is 12.7. The normalized spacial score (nSPS) is 29.4. The highest BCUT2D eigenvalue weighted by Gasteiger charge is 2.29. The molecule has 0 spiro atoms. The second-order valence-electron chi connectivity index (χ2n) is 13.3. The number of aliphatic hydroxyl groups excluding tert-OH is 1. The van der Waals surface area contributed by atoms with Crippen molar-refractivity contribution in [1.82, 2.24) is 9.80 Å². The van der Waals surface area contributed by atoms with Crippen molar-refractivity contribution in [3.05, 3.63) is 0 Å². The van der Waals surface area contributed by atoms with Crippen molar-refractivity contribution in [3.63, 3.8) is 0 Å². The number of halogens is 1. The fraction of sp³-hybridized carbons (Fsp3) is 0.941. The molecule has 42 heavy (non-hydrogen) atoms. The SMILES string of the molecule is CC.CCC1C(=O)CCC(C)(C)C[C@@H](C)CN(C)CCN(C(C)C)CCCCOC1=O.CCC1C[C@@H](C)O[C@@H](O)C1.I. The topological polar surface area (TPSA) is 79.3 Å². The summed E-state index contributed by atoms with van der Waals surface area (Å²) in [7, 11) is 2.22. The number of rotatable bonds is 3. The molecule has 2 heterocycles. The van der Waals surface area contributed by atoms with E-state index in [0.717, 1.165) is 71.1 Å². The Bertz CT molecular complexity index is 695. The molecule has 2 aliphatic rings. The minimum atomic E-state index is -0.597. The highest BCUT2D eigenvalue weighted by Crippen LogP contribution is 2.32. The third-order valence-electron chi connectivity index (χ3n) is 8.40. The van der Waals surface area contributed by atoms with E-state index in [0.29, 0.717) is 37.3 Å². The Hall–Kier alpha value is -0.290. The fourth-order valence-corrected chi connectivity index (χ4v) is 6.08. The van der Waals surface area contributed by atoms with Crippen molar-refractivity contribution in [2.24, 2.45) is 23.2 Å². The number of carbonyl (C=O) groups excluding carboxylic acids is 2. The number of ketones is 1.